The molecule has 11 heteroatoms. The van der Waals surface area contributed by atoms with Crippen LogP contribution in [0.2, 0.25) is 0 Å². The Labute approximate surface area is 197 Å². The number of anilines is 2. The van der Waals surface area contributed by atoms with Crippen LogP contribution in [0.15, 0.2) is 24.7 Å². The van der Waals surface area contributed by atoms with Crippen molar-refractivity contribution in [2.75, 3.05) is 24.2 Å². The highest BCUT2D eigenvalue weighted by atomic mass is 16.5. The van der Waals surface area contributed by atoms with Gasteiger partial charge in [-0.05, 0) is 44.1 Å². The fraction of sp³-hybridized carbons (Fsp3) is 0.522. The van der Waals surface area contributed by atoms with Gasteiger partial charge in [-0.15, -0.1) is 0 Å². The monoisotopic (exact) mass is 466 g/mol. The lowest BCUT2D eigenvalue weighted by atomic mass is 9.92. The SMILES string of the molecule is CC1CCC(c2ccnn2C)N(C(=O)C(=O)Nc2cnc(N)c3cn(C4CCCCO4)nc23)C1. The molecule has 3 atom stereocenters. The summed E-state index contributed by atoms with van der Waals surface area (Å²) < 4.78 is 9.31. The third-order valence-corrected chi connectivity index (χ3v) is 6.77. The quantitative estimate of drug-likeness (QED) is 0.566. The molecule has 34 heavy (non-hydrogen) atoms. The summed E-state index contributed by atoms with van der Waals surface area (Å²) in [4.78, 5) is 32.3. The van der Waals surface area contributed by atoms with Gasteiger partial charge in [0.25, 0.3) is 0 Å². The van der Waals surface area contributed by atoms with E-state index in [0.717, 1.165) is 37.8 Å². The normalized spacial score (nSPS) is 23.2. The van der Waals surface area contributed by atoms with Gasteiger partial charge < -0.3 is 20.7 Å². The fourth-order valence-corrected chi connectivity index (χ4v) is 4.92. The van der Waals surface area contributed by atoms with E-state index in [9.17, 15) is 9.59 Å². The topological polar surface area (TPSA) is 133 Å². The molecule has 0 spiro atoms. The highest BCUT2D eigenvalue weighted by Gasteiger charge is 2.35. The molecule has 3 N–H and O–H groups in total. The van der Waals surface area contributed by atoms with Gasteiger partial charge in [-0.25, -0.2) is 9.67 Å². The van der Waals surface area contributed by atoms with Gasteiger partial charge in [-0.2, -0.15) is 10.2 Å². The summed E-state index contributed by atoms with van der Waals surface area (Å²) in [6.07, 6.45) is 9.44. The lowest BCUT2D eigenvalue weighted by Crippen LogP contribution is -2.47. The molecule has 3 aromatic rings. The second kappa shape index (κ2) is 9.05. The lowest BCUT2D eigenvalue weighted by Gasteiger charge is -2.38. The molecule has 0 bridgehead atoms. The van der Waals surface area contributed by atoms with Gasteiger partial charge in [0.15, 0.2) is 0 Å². The average Bonchev–Trinajstić information content (AvgIpc) is 3.48. The Morgan fingerprint density at radius 1 is 1.24 bits per heavy atom. The molecular weight excluding hydrogens is 436 g/mol. The molecule has 11 nitrogen and oxygen atoms in total. The number of carbonyl (C=O) groups is 2. The van der Waals surface area contributed by atoms with E-state index in [1.807, 2.05) is 13.1 Å². The standard InChI is InChI=1S/C23H30N8O3/c1-14-6-7-18(17-8-9-26-29(17)2)30(12-14)23(33)22(32)27-16-11-25-21(24)15-13-31(28-20(15)16)19-5-3-4-10-34-19/h8-9,11,13-14,18-19H,3-7,10,12H2,1-2H3,(H2,24,25)(H,27,32). The minimum Gasteiger partial charge on any atom is -0.383 e. The van der Waals surface area contributed by atoms with Crippen LogP contribution in [-0.4, -0.2) is 54.4 Å². The molecule has 5 rings (SSSR count). The van der Waals surface area contributed by atoms with Crippen LogP contribution >= 0.6 is 0 Å². The molecule has 0 aliphatic carbocycles. The van der Waals surface area contributed by atoms with Crippen LogP contribution in [0.3, 0.4) is 0 Å². The van der Waals surface area contributed by atoms with Crippen molar-refractivity contribution in [3.8, 4) is 0 Å². The maximum atomic E-state index is 13.3. The summed E-state index contributed by atoms with van der Waals surface area (Å²) in [7, 11) is 1.85. The average molecular weight is 467 g/mol. The van der Waals surface area contributed by atoms with Crippen LogP contribution in [0.25, 0.3) is 10.9 Å². The summed E-state index contributed by atoms with van der Waals surface area (Å²) in [6.45, 7) is 3.27. The number of piperidine rings is 1. The summed E-state index contributed by atoms with van der Waals surface area (Å²) in [5, 5.41) is 12.2. The van der Waals surface area contributed by atoms with Gasteiger partial charge in [-0.3, -0.25) is 14.3 Å². The summed E-state index contributed by atoms with van der Waals surface area (Å²) in [5.74, 6) is -0.699. The van der Waals surface area contributed by atoms with Crippen LogP contribution in [-0.2, 0) is 21.4 Å². The number of hydrogen-bond acceptors (Lipinski definition) is 7. The Morgan fingerprint density at radius 2 is 2.09 bits per heavy atom. The van der Waals surface area contributed by atoms with Gasteiger partial charge in [0.2, 0.25) is 0 Å². The molecule has 5 heterocycles. The molecule has 2 aliphatic heterocycles. The van der Waals surface area contributed by atoms with Gasteiger partial charge in [-0.1, -0.05) is 6.92 Å². The Balaban J connectivity index is 1.40. The number of amides is 2. The van der Waals surface area contributed by atoms with Gasteiger partial charge in [0, 0.05) is 32.6 Å². The van der Waals surface area contributed by atoms with E-state index >= 15 is 0 Å². The number of ether oxygens (including phenoxy) is 1. The maximum absolute atomic E-state index is 13.3. The summed E-state index contributed by atoms with van der Waals surface area (Å²) in [5.41, 5.74) is 7.82. The van der Waals surface area contributed by atoms with Crippen molar-refractivity contribution in [2.45, 2.75) is 51.3 Å². The van der Waals surface area contributed by atoms with Crippen molar-refractivity contribution < 1.29 is 14.3 Å². The number of aryl methyl sites for hydroxylation is 1. The molecular formula is C23H30N8O3. The zero-order valence-electron chi connectivity index (χ0n) is 19.5. The Morgan fingerprint density at radius 3 is 2.82 bits per heavy atom. The lowest BCUT2D eigenvalue weighted by molar-refractivity contribution is -0.146. The largest absolute Gasteiger partial charge is 0.383 e. The molecule has 0 radical (unpaired) electrons. The number of rotatable bonds is 3. The first-order valence-corrected chi connectivity index (χ1v) is 11.8. The minimum atomic E-state index is -0.724. The van der Waals surface area contributed by atoms with Crippen molar-refractivity contribution in [1.29, 1.82) is 0 Å². The van der Waals surface area contributed by atoms with Crippen molar-refractivity contribution in [3.05, 3.63) is 30.4 Å². The Hall–Kier alpha value is -3.47. The number of nitrogens with zero attached hydrogens (tertiary/aromatic N) is 6. The van der Waals surface area contributed by atoms with Crippen LogP contribution < -0.4 is 11.1 Å². The predicted octanol–water partition coefficient (Wildman–Crippen LogP) is 2.38. The molecule has 0 saturated carbocycles. The van der Waals surface area contributed by atoms with Crippen LogP contribution in [0.4, 0.5) is 11.5 Å². The van der Waals surface area contributed by atoms with Crippen LogP contribution in [0.1, 0.15) is 57.0 Å². The summed E-state index contributed by atoms with van der Waals surface area (Å²) >= 11 is 0. The number of hydrogen-bond donors (Lipinski definition) is 2. The number of nitrogens with one attached hydrogen (secondary N) is 1. The van der Waals surface area contributed by atoms with E-state index in [2.05, 4.69) is 27.4 Å². The number of pyridine rings is 1. The number of nitrogen functional groups attached to an aromatic ring is 1. The molecule has 2 saturated heterocycles. The van der Waals surface area contributed by atoms with Gasteiger partial charge in [0.05, 0.1) is 29.0 Å². The number of carbonyl (C=O) groups excluding carboxylic acids is 2. The molecule has 3 aromatic heterocycles. The van der Waals surface area contributed by atoms with Crippen molar-refractivity contribution >= 4 is 34.2 Å². The van der Waals surface area contributed by atoms with Crippen LogP contribution in [0, 0.1) is 5.92 Å². The van der Waals surface area contributed by atoms with E-state index in [0.29, 0.717) is 41.5 Å². The molecule has 2 amide bonds. The molecule has 0 aromatic carbocycles. The van der Waals surface area contributed by atoms with Crippen molar-refractivity contribution in [1.82, 2.24) is 29.4 Å². The summed E-state index contributed by atoms with van der Waals surface area (Å²) in [6, 6.07) is 1.70. The van der Waals surface area contributed by atoms with Crippen molar-refractivity contribution in [3.63, 3.8) is 0 Å². The van der Waals surface area contributed by atoms with E-state index < -0.39 is 11.8 Å². The van der Waals surface area contributed by atoms with E-state index in [1.165, 1.54) is 6.20 Å². The number of nitrogens with two attached hydrogens (primary N) is 1. The van der Waals surface area contributed by atoms with E-state index in [-0.39, 0.29) is 12.3 Å². The highest BCUT2D eigenvalue weighted by Crippen LogP contribution is 2.34. The fourth-order valence-electron chi connectivity index (χ4n) is 4.92. The highest BCUT2D eigenvalue weighted by molar-refractivity contribution is 6.40. The molecule has 3 unspecified atom stereocenters. The van der Waals surface area contributed by atoms with E-state index in [4.69, 9.17) is 10.5 Å². The third-order valence-electron chi connectivity index (χ3n) is 6.77. The smallest absolute Gasteiger partial charge is 0.314 e. The Bertz CT molecular complexity index is 1210. The number of fused-ring (bicyclic) bond motifs is 1. The van der Waals surface area contributed by atoms with Crippen LogP contribution in [0.5, 0.6) is 0 Å². The number of likely N-dealkylation sites (tertiary alicyclic amines) is 1. The number of aromatic nitrogens is 5. The molecule has 2 fully saturated rings. The van der Waals surface area contributed by atoms with Gasteiger partial charge in [0.1, 0.15) is 17.6 Å². The Kier molecular flexibility index (Phi) is 5.94. The van der Waals surface area contributed by atoms with Crippen molar-refractivity contribution in [2.24, 2.45) is 13.0 Å². The first-order valence-electron chi connectivity index (χ1n) is 11.8. The zero-order valence-corrected chi connectivity index (χ0v) is 19.5. The minimum absolute atomic E-state index is 0.180. The first kappa shape index (κ1) is 22.3. The van der Waals surface area contributed by atoms with E-state index in [1.54, 1.807) is 26.7 Å². The first-order chi connectivity index (χ1) is 16.4. The molecule has 2 aliphatic rings. The predicted molar refractivity (Wildman–Crippen MR) is 125 cm³/mol. The second-order valence-corrected chi connectivity index (χ2v) is 9.24. The second-order valence-electron chi connectivity index (χ2n) is 9.24. The third kappa shape index (κ3) is 4.11. The molecule has 180 valence electrons. The maximum Gasteiger partial charge on any atom is 0.314 e. The zero-order chi connectivity index (χ0) is 23.8. The van der Waals surface area contributed by atoms with Gasteiger partial charge >= 0.3 is 11.8 Å².